The fraction of sp³-hybridized carbons (Fsp3) is 0.636. The molecule has 1 aromatic heterocycles. The smallest absolute Gasteiger partial charge is 0.132 e. The number of nitrogen functional groups attached to an aromatic ring is 1. The molecule has 0 aliphatic rings. The van der Waals surface area contributed by atoms with Crippen LogP contribution in [0.2, 0.25) is 0 Å². The van der Waals surface area contributed by atoms with Crippen molar-refractivity contribution in [1.29, 1.82) is 0 Å². The Bertz CT molecular complexity index is 287. The second kappa shape index (κ2) is 5.66. The maximum atomic E-state index is 5.67. The molecule has 1 aromatic rings. The Labute approximate surface area is 91.5 Å². The molecule has 0 spiro atoms. The molecule has 0 bridgehead atoms. The SMILES string of the molecule is CCN(CC)CCc1nc(C)cc(N)n1. The van der Waals surface area contributed by atoms with E-state index in [1.54, 1.807) is 6.07 Å². The lowest BCUT2D eigenvalue weighted by molar-refractivity contribution is 0.305. The van der Waals surface area contributed by atoms with E-state index in [1.807, 2.05) is 6.92 Å². The first kappa shape index (κ1) is 11.9. The number of rotatable bonds is 5. The third-order valence-electron chi connectivity index (χ3n) is 2.47. The van der Waals surface area contributed by atoms with E-state index in [9.17, 15) is 0 Å². The standard InChI is InChI=1S/C11H20N4/c1-4-15(5-2)7-6-11-13-9(3)8-10(12)14-11/h8H,4-7H2,1-3H3,(H2,12,13,14). The highest BCUT2D eigenvalue weighted by molar-refractivity contribution is 5.29. The molecular weight excluding hydrogens is 188 g/mol. The van der Waals surface area contributed by atoms with Crippen molar-refractivity contribution >= 4 is 5.82 Å². The molecule has 0 atom stereocenters. The zero-order valence-corrected chi connectivity index (χ0v) is 9.82. The fourth-order valence-corrected chi connectivity index (χ4v) is 1.57. The molecule has 0 radical (unpaired) electrons. The van der Waals surface area contributed by atoms with Gasteiger partial charge >= 0.3 is 0 Å². The fourth-order valence-electron chi connectivity index (χ4n) is 1.57. The van der Waals surface area contributed by atoms with Crippen molar-refractivity contribution in [1.82, 2.24) is 14.9 Å². The summed E-state index contributed by atoms with van der Waals surface area (Å²) in [6.07, 6.45) is 0.869. The van der Waals surface area contributed by atoms with Crippen LogP contribution in [0.1, 0.15) is 25.4 Å². The molecule has 15 heavy (non-hydrogen) atoms. The van der Waals surface area contributed by atoms with E-state index in [4.69, 9.17) is 5.73 Å². The van der Waals surface area contributed by atoms with Crippen LogP contribution in [0.3, 0.4) is 0 Å². The second-order valence-corrected chi connectivity index (χ2v) is 3.63. The van der Waals surface area contributed by atoms with Gasteiger partial charge in [-0.2, -0.15) is 0 Å². The number of nitrogens with two attached hydrogens (primary N) is 1. The molecule has 1 heterocycles. The molecule has 0 aliphatic heterocycles. The van der Waals surface area contributed by atoms with Crippen molar-refractivity contribution in [2.45, 2.75) is 27.2 Å². The van der Waals surface area contributed by atoms with Crippen LogP contribution in [0.5, 0.6) is 0 Å². The zero-order valence-electron chi connectivity index (χ0n) is 9.82. The molecule has 4 heteroatoms. The van der Waals surface area contributed by atoms with Crippen LogP contribution in [0.25, 0.3) is 0 Å². The van der Waals surface area contributed by atoms with Crippen molar-refractivity contribution < 1.29 is 0 Å². The molecule has 0 unspecified atom stereocenters. The highest BCUT2D eigenvalue weighted by atomic mass is 15.1. The minimum Gasteiger partial charge on any atom is -0.384 e. The number of anilines is 1. The predicted molar refractivity (Wildman–Crippen MR) is 62.7 cm³/mol. The lowest BCUT2D eigenvalue weighted by Gasteiger charge is -2.17. The van der Waals surface area contributed by atoms with Crippen molar-refractivity contribution in [3.8, 4) is 0 Å². The number of likely N-dealkylation sites (N-methyl/N-ethyl adjacent to an activating group) is 1. The Morgan fingerprint density at radius 3 is 2.47 bits per heavy atom. The number of aromatic nitrogens is 2. The Morgan fingerprint density at radius 2 is 1.93 bits per heavy atom. The van der Waals surface area contributed by atoms with Crippen LogP contribution in [-0.2, 0) is 6.42 Å². The van der Waals surface area contributed by atoms with Crippen LogP contribution < -0.4 is 5.73 Å². The zero-order chi connectivity index (χ0) is 11.3. The van der Waals surface area contributed by atoms with Crippen LogP contribution in [0, 0.1) is 6.92 Å². The molecule has 0 fully saturated rings. The van der Waals surface area contributed by atoms with Crippen molar-refractivity contribution in [3.63, 3.8) is 0 Å². The van der Waals surface area contributed by atoms with Gasteiger partial charge in [0.25, 0.3) is 0 Å². The minimum absolute atomic E-state index is 0.567. The summed E-state index contributed by atoms with van der Waals surface area (Å²) >= 11 is 0. The van der Waals surface area contributed by atoms with Gasteiger partial charge in [0.1, 0.15) is 11.6 Å². The van der Waals surface area contributed by atoms with E-state index in [0.717, 1.165) is 37.6 Å². The van der Waals surface area contributed by atoms with Gasteiger partial charge in [0.2, 0.25) is 0 Å². The summed E-state index contributed by atoms with van der Waals surface area (Å²) in [7, 11) is 0. The lowest BCUT2D eigenvalue weighted by atomic mass is 10.3. The van der Waals surface area contributed by atoms with Crippen molar-refractivity contribution in [3.05, 3.63) is 17.6 Å². The molecule has 2 N–H and O–H groups in total. The maximum Gasteiger partial charge on any atom is 0.132 e. The molecule has 0 aromatic carbocycles. The van der Waals surface area contributed by atoms with Gasteiger partial charge < -0.3 is 10.6 Å². The highest BCUT2D eigenvalue weighted by Gasteiger charge is 2.03. The number of hydrogen-bond donors (Lipinski definition) is 1. The summed E-state index contributed by atoms with van der Waals surface area (Å²) in [5.74, 6) is 1.41. The first-order valence-corrected chi connectivity index (χ1v) is 5.48. The summed E-state index contributed by atoms with van der Waals surface area (Å²) in [6.45, 7) is 9.40. The largest absolute Gasteiger partial charge is 0.384 e. The second-order valence-electron chi connectivity index (χ2n) is 3.63. The van der Waals surface area contributed by atoms with Gasteiger partial charge in [-0.1, -0.05) is 13.8 Å². The molecule has 84 valence electrons. The molecule has 1 rings (SSSR count). The molecule has 0 aliphatic carbocycles. The Balaban J connectivity index is 2.57. The summed E-state index contributed by atoms with van der Waals surface area (Å²) in [5.41, 5.74) is 6.61. The van der Waals surface area contributed by atoms with Gasteiger partial charge in [-0.25, -0.2) is 9.97 Å². The summed E-state index contributed by atoms with van der Waals surface area (Å²) < 4.78 is 0. The summed E-state index contributed by atoms with van der Waals surface area (Å²) in [5, 5.41) is 0. The molecule has 0 saturated heterocycles. The van der Waals surface area contributed by atoms with Gasteiger partial charge in [0.15, 0.2) is 0 Å². The highest BCUT2D eigenvalue weighted by Crippen LogP contribution is 2.03. The van der Waals surface area contributed by atoms with Crippen LogP contribution >= 0.6 is 0 Å². The van der Waals surface area contributed by atoms with Crippen LogP contribution in [0.15, 0.2) is 6.07 Å². The predicted octanol–water partition coefficient (Wildman–Crippen LogP) is 1.25. The molecule has 0 amide bonds. The van der Waals surface area contributed by atoms with E-state index in [1.165, 1.54) is 0 Å². The Morgan fingerprint density at radius 1 is 1.27 bits per heavy atom. The lowest BCUT2D eigenvalue weighted by Crippen LogP contribution is -2.26. The molecule has 0 saturated carbocycles. The number of hydrogen-bond acceptors (Lipinski definition) is 4. The first-order valence-electron chi connectivity index (χ1n) is 5.48. The van der Waals surface area contributed by atoms with Gasteiger partial charge in [0.05, 0.1) is 0 Å². The van der Waals surface area contributed by atoms with Gasteiger partial charge in [0, 0.05) is 24.7 Å². The number of nitrogens with zero attached hydrogens (tertiary/aromatic N) is 3. The van der Waals surface area contributed by atoms with Gasteiger partial charge in [-0.15, -0.1) is 0 Å². The Kier molecular flexibility index (Phi) is 4.49. The van der Waals surface area contributed by atoms with Crippen molar-refractivity contribution in [2.75, 3.05) is 25.4 Å². The normalized spacial score (nSPS) is 10.9. The third kappa shape index (κ3) is 3.83. The van der Waals surface area contributed by atoms with Crippen LogP contribution in [0.4, 0.5) is 5.82 Å². The van der Waals surface area contributed by atoms with E-state index < -0.39 is 0 Å². The van der Waals surface area contributed by atoms with E-state index in [-0.39, 0.29) is 0 Å². The molecule has 4 nitrogen and oxygen atoms in total. The number of aryl methyl sites for hydroxylation is 1. The summed E-state index contributed by atoms with van der Waals surface area (Å²) in [6, 6.07) is 1.79. The first-order chi connectivity index (χ1) is 7.15. The quantitative estimate of drug-likeness (QED) is 0.791. The average molecular weight is 208 g/mol. The third-order valence-corrected chi connectivity index (χ3v) is 2.47. The average Bonchev–Trinajstić information content (AvgIpc) is 2.18. The van der Waals surface area contributed by atoms with E-state index in [0.29, 0.717) is 5.82 Å². The van der Waals surface area contributed by atoms with Gasteiger partial charge in [-0.05, 0) is 20.0 Å². The monoisotopic (exact) mass is 208 g/mol. The summed E-state index contributed by atoms with van der Waals surface area (Å²) in [4.78, 5) is 10.9. The molecular formula is C11H20N4. The van der Waals surface area contributed by atoms with Gasteiger partial charge in [-0.3, -0.25) is 0 Å². The van der Waals surface area contributed by atoms with E-state index >= 15 is 0 Å². The van der Waals surface area contributed by atoms with E-state index in [2.05, 4.69) is 28.7 Å². The minimum atomic E-state index is 0.567. The van der Waals surface area contributed by atoms with Crippen molar-refractivity contribution in [2.24, 2.45) is 0 Å². The topological polar surface area (TPSA) is 55.0 Å². The Hall–Kier alpha value is -1.16. The maximum absolute atomic E-state index is 5.67. The van der Waals surface area contributed by atoms with Crippen LogP contribution in [-0.4, -0.2) is 34.5 Å².